The van der Waals surface area contributed by atoms with E-state index in [4.69, 9.17) is 4.74 Å². The first-order chi connectivity index (χ1) is 11.3. The Hall–Kier alpha value is -1.10. The fraction of sp³-hybridized carbons (Fsp3) is 0.895. The highest BCUT2D eigenvalue weighted by atomic mass is 16.6. The first kappa shape index (κ1) is 17.7. The lowest BCUT2D eigenvalue weighted by atomic mass is 9.85. The standard InChI is InChI=1S/C19H32N2O3/c1-19(2,3)24-18(23)16-11-13-7-5-6-8-15(13)21(16)12-17(22)20(4)14-9-10-14/h13-16H,5-12H2,1-4H3/t13-,15+,16+/m1/s1. The van der Waals surface area contributed by atoms with E-state index in [1.54, 1.807) is 0 Å². The minimum atomic E-state index is -0.481. The van der Waals surface area contributed by atoms with Gasteiger partial charge in [-0.15, -0.1) is 0 Å². The number of rotatable bonds is 4. The monoisotopic (exact) mass is 336 g/mol. The molecule has 3 aliphatic rings. The van der Waals surface area contributed by atoms with Crippen LogP contribution in [-0.4, -0.2) is 59.0 Å². The molecule has 3 rings (SSSR count). The Morgan fingerprint density at radius 3 is 2.42 bits per heavy atom. The lowest BCUT2D eigenvalue weighted by Gasteiger charge is -2.34. The molecular weight excluding hydrogens is 304 g/mol. The smallest absolute Gasteiger partial charge is 0.323 e. The maximum atomic E-state index is 12.7. The Kier molecular flexibility index (Phi) is 4.92. The molecule has 0 radical (unpaired) electrons. The second kappa shape index (κ2) is 6.66. The molecule has 0 aromatic carbocycles. The summed E-state index contributed by atoms with van der Waals surface area (Å²) in [6, 6.07) is 0.531. The van der Waals surface area contributed by atoms with Crippen LogP contribution in [-0.2, 0) is 14.3 Å². The van der Waals surface area contributed by atoms with Crippen molar-refractivity contribution < 1.29 is 14.3 Å². The van der Waals surface area contributed by atoms with E-state index in [1.165, 1.54) is 19.3 Å². The van der Waals surface area contributed by atoms with Gasteiger partial charge in [-0.05, 0) is 58.8 Å². The summed E-state index contributed by atoms with van der Waals surface area (Å²) in [7, 11) is 1.90. The summed E-state index contributed by atoms with van der Waals surface area (Å²) >= 11 is 0. The van der Waals surface area contributed by atoms with Crippen LogP contribution in [0.1, 0.15) is 65.7 Å². The van der Waals surface area contributed by atoms with Gasteiger partial charge >= 0.3 is 5.97 Å². The van der Waals surface area contributed by atoms with E-state index in [0.29, 0.717) is 24.5 Å². The van der Waals surface area contributed by atoms with Crippen molar-refractivity contribution in [1.82, 2.24) is 9.80 Å². The largest absolute Gasteiger partial charge is 0.459 e. The number of fused-ring (bicyclic) bond motifs is 1. The number of amides is 1. The summed E-state index contributed by atoms with van der Waals surface area (Å²) in [5.74, 6) is 0.534. The summed E-state index contributed by atoms with van der Waals surface area (Å²) in [4.78, 5) is 29.4. The summed E-state index contributed by atoms with van der Waals surface area (Å²) in [5.41, 5.74) is -0.481. The lowest BCUT2D eigenvalue weighted by molar-refractivity contribution is -0.161. The van der Waals surface area contributed by atoms with Crippen LogP contribution in [0.3, 0.4) is 0 Å². The molecule has 0 aromatic rings. The average Bonchev–Trinajstić information content (AvgIpc) is 3.28. The zero-order valence-corrected chi connectivity index (χ0v) is 15.6. The summed E-state index contributed by atoms with van der Waals surface area (Å²) < 4.78 is 5.65. The maximum absolute atomic E-state index is 12.7. The van der Waals surface area contributed by atoms with Gasteiger partial charge in [0.2, 0.25) is 5.91 Å². The molecule has 3 fully saturated rings. The zero-order valence-electron chi connectivity index (χ0n) is 15.6. The fourth-order valence-electron chi connectivity index (χ4n) is 4.31. The SMILES string of the molecule is CN(C(=O)CN1[C@H](C(=O)OC(C)(C)C)C[C@H]2CCCC[C@@H]21)C1CC1. The topological polar surface area (TPSA) is 49.9 Å². The number of ether oxygens (including phenoxy) is 1. The van der Waals surface area contributed by atoms with Gasteiger partial charge in [-0.2, -0.15) is 0 Å². The van der Waals surface area contributed by atoms with Crippen molar-refractivity contribution in [2.45, 2.75) is 89.4 Å². The molecule has 24 heavy (non-hydrogen) atoms. The number of likely N-dealkylation sites (tertiary alicyclic amines) is 1. The zero-order chi connectivity index (χ0) is 17.5. The predicted octanol–water partition coefficient (Wildman–Crippen LogP) is 2.58. The van der Waals surface area contributed by atoms with Crippen molar-refractivity contribution in [2.75, 3.05) is 13.6 Å². The minimum Gasteiger partial charge on any atom is -0.459 e. The lowest BCUT2D eigenvalue weighted by Crippen LogP contribution is -2.49. The van der Waals surface area contributed by atoms with E-state index in [9.17, 15) is 9.59 Å². The van der Waals surface area contributed by atoms with Gasteiger partial charge in [0.05, 0.1) is 6.54 Å². The Morgan fingerprint density at radius 1 is 1.12 bits per heavy atom. The molecule has 0 spiro atoms. The van der Waals surface area contributed by atoms with Crippen molar-refractivity contribution in [1.29, 1.82) is 0 Å². The third-order valence-electron chi connectivity index (χ3n) is 5.71. The number of carbonyl (C=O) groups excluding carboxylic acids is 2. The number of likely N-dealkylation sites (N-methyl/N-ethyl adjacent to an activating group) is 1. The molecule has 1 amide bonds. The average molecular weight is 336 g/mol. The molecule has 0 N–H and O–H groups in total. The molecule has 1 saturated heterocycles. The second-order valence-corrected chi connectivity index (χ2v) is 8.81. The summed E-state index contributed by atoms with van der Waals surface area (Å²) in [6.07, 6.45) is 7.79. The molecule has 0 unspecified atom stereocenters. The highest BCUT2D eigenvalue weighted by Gasteiger charge is 2.47. The Labute approximate surface area is 145 Å². The van der Waals surface area contributed by atoms with Crippen LogP contribution >= 0.6 is 0 Å². The number of hydrogen-bond acceptors (Lipinski definition) is 4. The molecule has 1 aliphatic heterocycles. The van der Waals surface area contributed by atoms with Crippen molar-refractivity contribution >= 4 is 11.9 Å². The first-order valence-electron chi connectivity index (χ1n) is 9.50. The number of carbonyl (C=O) groups is 2. The van der Waals surface area contributed by atoms with Gasteiger partial charge in [0.1, 0.15) is 11.6 Å². The first-order valence-corrected chi connectivity index (χ1v) is 9.50. The maximum Gasteiger partial charge on any atom is 0.323 e. The minimum absolute atomic E-state index is 0.150. The molecule has 1 heterocycles. The van der Waals surface area contributed by atoms with Crippen LogP contribution in [0.15, 0.2) is 0 Å². The van der Waals surface area contributed by atoms with Gasteiger partial charge in [-0.3, -0.25) is 14.5 Å². The molecule has 136 valence electrons. The quantitative estimate of drug-likeness (QED) is 0.741. The molecule has 3 atom stereocenters. The van der Waals surface area contributed by atoms with Crippen molar-refractivity contribution in [3.05, 3.63) is 0 Å². The van der Waals surface area contributed by atoms with Crippen LogP contribution in [0.2, 0.25) is 0 Å². The van der Waals surface area contributed by atoms with Gasteiger partial charge in [0.25, 0.3) is 0 Å². The van der Waals surface area contributed by atoms with E-state index in [0.717, 1.165) is 25.7 Å². The van der Waals surface area contributed by atoms with Crippen molar-refractivity contribution in [3.63, 3.8) is 0 Å². The van der Waals surface area contributed by atoms with Gasteiger partial charge in [-0.1, -0.05) is 12.8 Å². The van der Waals surface area contributed by atoms with E-state index in [2.05, 4.69) is 4.90 Å². The third kappa shape index (κ3) is 3.93. The normalized spacial score (nSPS) is 30.8. The third-order valence-corrected chi connectivity index (χ3v) is 5.71. The van der Waals surface area contributed by atoms with Crippen LogP contribution < -0.4 is 0 Å². The number of hydrogen-bond donors (Lipinski definition) is 0. The van der Waals surface area contributed by atoms with Crippen molar-refractivity contribution in [2.24, 2.45) is 5.92 Å². The van der Waals surface area contributed by atoms with Crippen LogP contribution in [0.5, 0.6) is 0 Å². The number of nitrogens with zero attached hydrogens (tertiary/aromatic N) is 2. The van der Waals surface area contributed by atoms with Gasteiger partial charge in [-0.25, -0.2) is 0 Å². The van der Waals surface area contributed by atoms with E-state index < -0.39 is 5.60 Å². The highest BCUT2D eigenvalue weighted by Crippen LogP contribution is 2.40. The molecule has 2 aliphatic carbocycles. The second-order valence-electron chi connectivity index (χ2n) is 8.81. The highest BCUT2D eigenvalue weighted by molar-refractivity contribution is 5.81. The van der Waals surface area contributed by atoms with E-state index in [-0.39, 0.29) is 17.9 Å². The van der Waals surface area contributed by atoms with Crippen LogP contribution in [0, 0.1) is 5.92 Å². The van der Waals surface area contributed by atoms with E-state index >= 15 is 0 Å². The predicted molar refractivity (Wildman–Crippen MR) is 92.5 cm³/mol. The Morgan fingerprint density at radius 2 is 1.79 bits per heavy atom. The molecule has 5 heteroatoms. The van der Waals surface area contributed by atoms with E-state index in [1.807, 2.05) is 32.7 Å². The molecular formula is C19H32N2O3. The molecule has 5 nitrogen and oxygen atoms in total. The summed E-state index contributed by atoms with van der Waals surface area (Å²) in [6.45, 7) is 6.08. The Balaban J connectivity index is 1.72. The van der Waals surface area contributed by atoms with Crippen LogP contribution in [0.4, 0.5) is 0 Å². The summed E-state index contributed by atoms with van der Waals surface area (Å²) in [5, 5.41) is 0. The molecule has 0 bridgehead atoms. The van der Waals surface area contributed by atoms with Crippen LogP contribution in [0.25, 0.3) is 0 Å². The Bertz CT molecular complexity index is 495. The van der Waals surface area contributed by atoms with Gasteiger partial charge in [0, 0.05) is 19.1 Å². The molecule has 2 saturated carbocycles. The van der Waals surface area contributed by atoms with Crippen molar-refractivity contribution in [3.8, 4) is 0 Å². The van der Waals surface area contributed by atoms with Gasteiger partial charge < -0.3 is 9.64 Å². The molecule has 0 aromatic heterocycles. The fourth-order valence-corrected chi connectivity index (χ4v) is 4.31. The number of esters is 1. The van der Waals surface area contributed by atoms with Gasteiger partial charge in [0.15, 0.2) is 0 Å².